The number of amides is 2. The van der Waals surface area contributed by atoms with Crippen molar-refractivity contribution >= 4 is 23.4 Å². The summed E-state index contributed by atoms with van der Waals surface area (Å²) in [5, 5.41) is 13.7. The topological polar surface area (TPSA) is 78.4 Å². The molecule has 0 heterocycles. The zero-order valence-electron chi connectivity index (χ0n) is 11.0. The van der Waals surface area contributed by atoms with Gasteiger partial charge < -0.3 is 15.7 Å². The molecule has 0 fully saturated rings. The third-order valence-electron chi connectivity index (χ3n) is 2.65. The molecule has 21 heavy (non-hydrogen) atoms. The van der Waals surface area contributed by atoms with E-state index < -0.39 is 17.8 Å². The van der Waals surface area contributed by atoms with Crippen molar-refractivity contribution in [1.82, 2.24) is 0 Å². The second kappa shape index (κ2) is 6.51. The highest BCUT2D eigenvalue weighted by atomic mass is 19.1. The van der Waals surface area contributed by atoms with Gasteiger partial charge in [-0.25, -0.2) is 9.18 Å². The van der Waals surface area contributed by atoms with Crippen LogP contribution in [0.15, 0.2) is 48.5 Å². The standard InChI is InChI=1S/C15H13FN2O3/c16-11-2-1-3-13(9-11)18-15(21)17-12-6-4-10(5-7-12)8-14(19)20/h1-7,9H,8H2,(H,19,20)(H2,17,18,21). The Bertz CT molecular complexity index is 656. The third kappa shape index (κ3) is 4.61. The van der Waals surface area contributed by atoms with Crippen LogP contribution in [0.1, 0.15) is 5.56 Å². The number of hydrogen-bond acceptors (Lipinski definition) is 2. The van der Waals surface area contributed by atoms with Gasteiger partial charge in [0.25, 0.3) is 0 Å². The third-order valence-corrected chi connectivity index (χ3v) is 2.65. The number of anilines is 2. The molecule has 108 valence electrons. The van der Waals surface area contributed by atoms with E-state index in [4.69, 9.17) is 5.11 Å². The zero-order chi connectivity index (χ0) is 15.2. The molecule has 0 aliphatic heterocycles. The second-order valence-electron chi connectivity index (χ2n) is 4.36. The fourth-order valence-corrected chi connectivity index (χ4v) is 1.74. The van der Waals surface area contributed by atoms with Crippen LogP contribution in [0.2, 0.25) is 0 Å². The first-order valence-electron chi connectivity index (χ1n) is 6.17. The van der Waals surface area contributed by atoms with Crippen LogP contribution in [0.5, 0.6) is 0 Å². The summed E-state index contributed by atoms with van der Waals surface area (Å²) in [6, 6.07) is 11.5. The molecular formula is C15H13FN2O3. The van der Waals surface area contributed by atoms with Crippen molar-refractivity contribution in [2.75, 3.05) is 10.6 Å². The molecule has 0 aliphatic carbocycles. The Labute approximate surface area is 120 Å². The van der Waals surface area contributed by atoms with E-state index in [1.165, 1.54) is 18.2 Å². The number of carbonyl (C=O) groups excluding carboxylic acids is 1. The second-order valence-corrected chi connectivity index (χ2v) is 4.36. The molecule has 0 spiro atoms. The summed E-state index contributed by atoms with van der Waals surface area (Å²) in [6.07, 6.45) is -0.0736. The lowest BCUT2D eigenvalue weighted by molar-refractivity contribution is -0.136. The van der Waals surface area contributed by atoms with Gasteiger partial charge in [-0.1, -0.05) is 18.2 Å². The fourth-order valence-electron chi connectivity index (χ4n) is 1.74. The highest BCUT2D eigenvalue weighted by Crippen LogP contribution is 2.12. The molecule has 0 saturated carbocycles. The lowest BCUT2D eigenvalue weighted by Gasteiger charge is -2.08. The minimum absolute atomic E-state index is 0.0736. The van der Waals surface area contributed by atoms with Crippen molar-refractivity contribution in [3.63, 3.8) is 0 Å². The normalized spacial score (nSPS) is 9.95. The van der Waals surface area contributed by atoms with Crippen molar-refractivity contribution < 1.29 is 19.1 Å². The van der Waals surface area contributed by atoms with Crippen LogP contribution in [-0.4, -0.2) is 17.1 Å². The van der Waals surface area contributed by atoms with Crippen molar-refractivity contribution in [2.45, 2.75) is 6.42 Å². The quantitative estimate of drug-likeness (QED) is 0.809. The lowest BCUT2D eigenvalue weighted by Crippen LogP contribution is -2.19. The maximum absolute atomic E-state index is 13.0. The summed E-state index contributed by atoms with van der Waals surface area (Å²) in [4.78, 5) is 22.3. The van der Waals surface area contributed by atoms with E-state index in [-0.39, 0.29) is 6.42 Å². The predicted octanol–water partition coefficient (Wildman–Crippen LogP) is 3.10. The van der Waals surface area contributed by atoms with Gasteiger partial charge in [0, 0.05) is 11.4 Å². The Balaban J connectivity index is 1.95. The summed E-state index contributed by atoms with van der Waals surface area (Å²) < 4.78 is 13.0. The number of aliphatic carboxylic acids is 1. The number of benzene rings is 2. The molecule has 2 amide bonds. The molecule has 0 bridgehead atoms. The Hall–Kier alpha value is -2.89. The molecule has 0 saturated heterocycles. The van der Waals surface area contributed by atoms with E-state index >= 15 is 0 Å². The van der Waals surface area contributed by atoms with Crippen LogP contribution >= 0.6 is 0 Å². The Kier molecular flexibility index (Phi) is 4.50. The van der Waals surface area contributed by atoms with Crippen LogP contribution in [0.25, 0.3) is 0 Å². The van der Waals surface area contributed by atoms with Gasteiger partial charge in [-0.15, -0.1) is 0 Å². The van der Waals surface area contributed by atoms with Crippen molar-refractivity contribution in [1.29, 1.82) is 0 Å². The molecule has 0 aliphatic rings. The lowest BCUT2D eigenvalue weighted by atomic mass is 10.1. The Morgan fingerprint density at radius 2 is 1.67 bits per heavy atom. The van der Waals surface area contributed by atoms with Gasteiger partial charge in [-0.2, -0.15) is 0 Å². The van der Waals surface area contributed by atoms with Gasteiger partial charge in [-0.05, 0) is 35.9 Å². The van der Waals surface area contributed by atoms with E-state index in [1.807, 2.05) is 0 Å². The van der Waals surface area contributed by atoms with Crippen molar-refractivity contribution in [3.8, 4) is 0 Å². The molecule has 0 atom stereocenters. The first kappa shape index (κ1) is 14.5. The molecule has 2 aromatic rings. The van der Waals surface area contributed by atoms with Crippen LogP contribution in [0, 0.1) is 5.82 Å². The first-order chi connectivity index (χ1) is 10.0. The average molecular weight is 288 g/mol. The minimum atomic E-state index is -0.917. The number of carboxylic acids is 1. The highest BCUT2D eigenvalue weighted by Gasteiger charge is 2.04. The summed E-state index contributed by atoms with van der Waals surface area (Å²) in [7, 11) is 0. The van der Waals surface area contributed by atoms with E-state index in [9.17, 15) is 14.0 Å². The van der Waals surface area contributed by atoms with Crippen molar-refractivity contribution in [2.24, 2.45) is 0 Å². The average Bonchev–Trinajstić information content (AvgIpc) is 2.40. The molecule has 0 radical (unpaired) electrons. The van der Waals surface area contributed by atoms with Crippen LogP contribution in [0.3, 0.4) is 0 Å². The van der Waals surface area contributed by atoms with Gasteiger partial charge in [-0.3, -0.25) is 4.79 Å². The monoisotopic (exact) mass is 288 g/mol. The van der Waals surface area contributed by atoms with Crippen LogP contribution in [-0.2, 0) is 11.2 Å². The van der Waals surface area contributed by atoms with Crippen molar-refractivity contribution in [3.05, 3.63) is 59.9 Å². The van der Waals surface area contributed by atoms with Crippen LogP contribution in [0.4, 0.5) is 20.6 Å². The zero-order valence-corrected chi connectivity index (χ0v) is 11.0. The Morgan fingerprint density at radius 3 is 2.29 bits per heavy atom. The number of nitrogens with one attached hydrogen (secondary N) is 2. The van der Waals surface area contributed by atoms with E-state index in [0.717, 1.165) is 0 Å². The van der Waals surface area contributed by atoms with E-state index in [1.54, 1.807) is 30.3 Å². The number of hydrogen-bond donors (Lipinski definition) is 3. The number of urea groups is 1. The molecule has 6 heteroatoms. The summed E-state index contributed by atoms with van der Waals surface area (Å²) >= 11 is 0. The fraction of sp³-hybridized carbons (Fsp3) is 0.0667. The Morgan fingerprint density at radius 1 is 1.00 bits per heavy atom. The van der Waals surface area contributed by atoms with Gasteiger partial charge in [0.1, 0.15) is 5.82 Å². The SMILES string of the molecule is O=C(O)Cc1ccc(NC(=O)Nc2cccc(F)c2)cc1. The number of carbonyl (C=O) groups is 2. The molecule has 5 nitrogen and oxygen atoms in total. The van der Waals surface area contributed by atoms with E-state index in [2.05, 4.69) is 10.6 Å². The minimum Gasteiger partial charge on any atom is -0.481 e. The first-order valence-corrected chi connectivity index (χ1v) is 6.17. The maximum Gasteiger partial charge on any atom is 0.323 e. The summed E-state index contributed by atoms with van der Waals surface area (Å²) in [5.41, 5.74) is 1.49. The molecular weight excluding hydrogens is 275 g/mol. The number of halogens is 1. The van der Waals surface area contributed by atoms with Crippen LogP contribution < -0.4 is 10.6 Å². The summed E-state index contributed by atoms with van der Waals surface area (Å²) in [6.45, 7) is 0. The predicted molar refractivity (Wildman–Crippen MR) is 76.8 cm³/mol. The van der Waals surface area contributed by atoms with Gasteiger partial charge >= 0.3 is 12.0 Å². The summed E-state index contributed by atoms with van der Waals surface area (Å²) in [5.74, 6) is -1.36. The molecule has 0 unspecified atom stereocenters. The number of rotatable bonds is 4. The molecule has 2 aromatic carbocycles. The van der Waals surface area contributed by atoms with E-state index in [0.29, 0.717) is 16.9 Å². The molecule has 2 rings (SSSR count). The smallest absolute Gasteiger partial charge is 0.323 e. The molecule has 0 aromatic heterocycles. The largest absolute Gasteiger partial charge is 0.481 e. The number of carboxylic acid groups (broad SMARTS) is 1. The van der Waals surface area contributed by atoms with Gasteiger partial charge in [0.15, 0.2) is 0 Å². The van der Waals surface area contributed by atoms with Gasteiger partial charge in [0.05, 0.1) is 6.42 Å². The maximum atomic E-state index is 13.0. The van der Waals surface area contributed by atoms with Gasteiger partial charge in [0.2, 0.25) is 0 Å². The highest BCUT2D eigenvalue weighted by molar-refractivity contribution is 5.99. The molecule has 3 N–H and O–H groups in total.